The van der Waals surface area contributed by atoms with E-state index in [4.69, 9.17) is 4.74 Å². The van der Waals surface area contributed by atoms with Crippen LogP contribution in [0.25, 0.3) is 0 Å². The number of hydrogen-bond acceptors (Lipinski definition) is 4. The lowest BCUT2D eigenvalue weighted by Crippen LogP contribution is -2.06. The number of para-hydroxylation sites is 1. The Labute approximate surface area is 182 Å². The lowest BCUT2D eigenvalue weighted by molar-refractivity contribution is -0.385. The number of carbonyl (C=O) groups excluding carboxylic acids is 1. The molecule has 1 rings (SSSR count). The van der Waals surface area contributed by atoms with E-state index in [1.54, 1.807) is 18.2 Å². The Bertz CT molecular complexity index is 588. The van der Waals surface area contributed by atoms with Gasteiger partial charge in [-0.15, -0.1) is 0 Å². The zero-order valence-corrected chi connectivity index (χ0v) is 18.9. The number of unbranched alkanes of at least 4 members (excludes halogenated alkanes) is 14. The third kappa shape index (κ3) is 13.3. The largest absolute Gasteiger partial charge is 0.461 e. The smallest absolute Gasteiger partial charge is 0.306 e. The number of nitrogens with zero attached hydrogens (tertiary/aromatic N) is 1. The first-order valence-electron chi connectivity index (χ1n) is 12.0. The van der Waals surface area contributed by atoms with Gasteiger partial charge in [0, 0.05) is 12.5 Å². The minimum absolute atomic E-state index is 0.00252. The zero-order valence-electron chi connectivity index (χ0n) is 18.9. The molecule has 0 unspecified atom stereocenters. The van der Waals surface area contributed by atoms with Crippen LogP contribution in [0.3, 0.4) is 0 Å². The zero-order chi connectivity index (χ0) is 21.9. The average molecular weight is 420 g/mol. The molecule has 30 heavy (non-hydrogen) atoms. The first kappa shape index (κ1) is 26.1. The summed E-state index contributed by atoms with van der Waals surface area (Å²) in [6.45, 7) is 2.23. The molecule has 0 N–H and O–H groups in total. The van der Waals surface area contributed by atoms with Crippen LogP contribution in [0.5, 0.6) is 0 Å². The predicted molar refractivity (Wildman–Crippen MR) is 122 cm³/mol. The topological polar surface area (TPSA) is 69.4 Å². The summed E-state index contributed by atoms with van der Waals surface area (Å²) in [5.74, 6) is -0.275. The Hall–Kier alpha value is -1.91. The molecule has 0 heterocycles. The van der Waals surface area contributed by atoms with Crippen LogP contribution in [-0.2, 0) is 16.1 Å². The number of carbonyl (C=O) groups is 1. The lowest BCUT2D eigenvalue weighted by Gasteiger charge is -2.06. The van der Waals surface area contributed by atoms with Gasteiger partial charge in [-0.05, 0) is 12.5 Å². The molecule has 0 aliphatic heterocycles. The minimum Gasteiger partial charge on any atom is -0.461 e. The van der Waals surface area contributed by atoms with Crippen LogP contribution in [0.1, 0.15) is 115 Å². The molecule has 1 aromatic carbocycles. The summed E-state index contributed by atoms with van der Waals surface area (Å²) in [6, 6.07) is 6.38. The van der Waals surface area contributed by atoms with E-state index in [0.29, 0.717) is 12.0 Å². The number of ether oxygens (including phenoxy) is 1. The second-order valence-electron chi connectivity index (χ2n) is 8.25. The van der Waals surface area contributed by atoms with Crippen LogP contribution in [0.15, 0.2) is 24.3 Å². The Morgan fingerprint density at radius 3 is 1.77 bits per heavy atom. The van der Waals surface area contributed by atoms with Crippen molar-refractivity contribution in [2.24, 2.45) is 0 Å². The number of nitro groups is 1. The minimum atomic E-state index is -0.447. The summed E-state index contributed by atoms with van der Waals surface area (Å²) in [5, 5.41) is 11.0. The van der Waals surface area contributed by atoms with Gasteiger partial charge < -0.3 is 4.74 Å². The number of benzene rings is 1. The highest BCUT2D eigenvalue weighted by molar-refractivity contribution is 5.69. The highest BCUT2D eigenvalue weighted by Gasteiger charge is 2.13. The Balaban J connectivity index is 1.90. The normalized spacial score (nSPS) is 10.8. The van der Waals surface area contributed by atoms with Gasteiger partial charge in [0.15, 0.2) is 0 Å². The molecule has 170 valence electrons. The van der Waals surface area contributed by atoms with Crippen LogP contribution >= 0.6 is 0 Å². The van der Waals surface area contributed by atoms with Gasteiger partial charge in [0.05, 0.1) is 10.5 Å². The van der Waals surface area contributed by atoms with Crippen molar-refractivity contribution in [1.29, 1.82) is 0 Å². The van der Waals surface area contributed by atoms with Crippen molar-refractivity contribution in [3.05, 3.63) is 39.9 Å². The van der Waals surface area contributed by atoms with E-state index < -0.39 is 4.92 Å². The van der Waals surface area contributed by atoms with Crippen molar-refractivity contribution >= 4 is 11.7 Å². The Morgan fingerprint density at radius 1 is 0.800 bits per heavy atom. The van der Waals surface area contributed by atoms with Crippen molar-refractivity contribution in [3.63, 3.8) is 0 Å². The maximum Gasteiger partial charge on any atom is 0.306 e. The van der Waals surface area contributed by atoms with Crippen molar-refractivity contribution in [2.45, 2.75) is 116 Å². The van der Waals surface area contributed by atoms with E-state index in [2.05, 4.69) is 6.92 Å². The van der Waals surface area contributed by atoms with Crippen LogP contribution in [0.4, 0.5) is 5.69 Å². The third-order valence-electron chi connectivity index (χ3n) is 5.56. The van der Waals surface area contributed by atoms with Gasteiger partial charge in [0.1, 0.15) is 6.61 Å². The van der Waals surface area contributed by atoms with Crippen LogP contribution in [-0.4, -0.2) is 10.9 Å². The fraction of sp³-hybridized carbons (Fsp3) is 0.720. The second kappa shape index (κ2) is 17.9. The number of esters is 1. The van der Waals surface area contributed by atoms with Gasteiger partial charge in [-0.25, -0.2) is 0 Å². The summed E-state index contributed by atoms with van der Waals surface area (Å²) in [7, 11) is 0. The molecule has 0 saturated heterocycles. The van der Waals surface area contributed by atoms with Gasteiger partial charge in [-0.1, -0.05) is 109 Å². The molecule has 0 bridgehead atoms. The van der Waals surface area contributed by atoms with E-state index in [9.17, 15) is 14.9 Å². The summed E-state index contributed by atoms with van der Waals surface area (Å²) in [5.41, 5.74) is 0.435. The molecule has 0 aromatic heterocycles. The van der Waals surface area contributed by atoms with Crippen molar-refractivity contribution < 1.29 is 14.5 Å². The predicted octanol–water partition coefficient (Wildman–Crippen LogP) is 7.90. The van der Waals surface area contributed by atoms with Crippen molar-refractivity contribution in [3.8, 4) is 0 Å². The SMILES string of the molecule is CCCCCCCCCCCCCCCCCC(=O)OCc1ccccc1[N+](=O)[O-]. The monoisotopic (exact) mass is 419 g/mol. The van der Waals surface area contributed by atoms with Gasteiger partial charge in [0.2, 0.25) is 0 Å². The molecule has 0 saturated carbocycles. The molecule has 0 radical (unpaired) electrons. The van der Waals surface area contributed by atoms with Gasteiger partial charge in [0.25, 0.3) is 5.69 Å². The molecule has 0 atom stereocenters. The summed E-state index contributed by atoms with van der Waals surface area (Å²) >= 11 is 0. The molecule has 5 nitrogen and oxygen atoms in total. The summed E-state index contributed by atoms with van der Waals surface area (Å²) < 4.78 is 5.19. The van der Waals surface area contributed by atoms with Crippen LogP contribution in [0.2, 0.25) is 0 Å². The van der Waals surface area contributed by atoms with E-state index >= 15 is 0 Å². The molecule has 0 aliphatic carbocycles. The highest BCUT2D eigenvalue weighted by Crippen LogP contribution is 2.19. The average Bonchev–Trinajstić information content (AvgIpc) is 2.75. The Kier molecular flexibility index (Phi) is 15.6. The fourth-order valence-corrected chi connectivity index (χ4v) is 3.68. The maximum absolute atomic E-state index is 11.8. The highest BCUT2D eigenvalue weighted by atomic mass is 16.6. The molecular weight excluding hydrogens is 378 g/mol. The maximum atomic E-state index is 11.8. The molecule has 5 heteroatoms. The third-order valence-corrected chi connectivity index (χ3v) is 5.56. The van der Waals surface area contributed by atoms with E-state index in [1.807, 2.05) is 0 Å². The first-order chi connectivity index (χ1) is 14.6. The lowest BCUT2D eigenvalue weighted by atomic mass is 10.0. The fourth-order valence-electron chi connectivity index (χ4n) is 3.68. The molecular formula is C25H41NO4. The van der Waals surface area contributed by atoms with Crippen molar-refractivity contribution in [2.75, 3.05) is 0 Å². The van der Waals surface area contributed by atoms with Gasteiger partial charge in [-0.3, -0.25) is 14.9 Å². The van der Waals surface area contributed by atoms with E-state index in [-0.39, 0.29) is 18.3 Å². The summed E-state index contributed by atoms with van der Waals surface area (Å²) in [4.78, 5) is 22.4. The van der Waals surface area contributed by atoms with Gasteiger partial charge >= 0.3 is 5.97 Å². The summed E-state index contributed by atoms with van der Waals surface area (Å²) in [6.07, 6.45) is 19.7. The number of nitro benzene ring substituents is 1. The van der Waals surface area contributed by atoms with Gasteiger partial charge in [-0.2, -0.15) is 0 Å². The van der Waals surface area contributed by atoms with Crippen LogP contribution in [0, 0.1) is 10.1 Å². The quantitative estimate of drug-likeness (QED) is 0.0988. The number of hydrogen-bond donors (Lipinski definition) is 0. The van der Waals surface area contributed by atoms with E-state index in [0.717, 1.165) is 19.3 Å². The standard InChI is InChI=1S/C25H41NO4/c1-2-3-4-5-6-7-8-9-10-11-12-13-14-15-16-21-25(27)30-22-23-19-17-18-20-24(23)26(28)29/h17-20H,2-16,21-22H2,1H3. The second-order valence-corrected chi connectivity index (χ2v) is 8.25. The molecule has 1 aromatic rings. The van der Waals surface area contributed by atoms with E-state index in [1.165, 1.54) is 83.1 Å². The van der Waals surface area contributed by atoms with Crippen LogP contribution < -0.4 is 0 Å². The molecule has 0 fully saturated rings. The molecule has 0 spiro atoms. The first-order valence-corrected chi connectivity index (χ1v) is 12.0. The Morgan fingerprint density at radius 2 is 1.27 bits per heavy atom. The molecule has 0 aliphatic rings. The number of rotatable bonds is 19. The molecule has 0 amide bonds. The van der Waals surface area contributed by atoms with Crippen molar-refractivity contribution in [1.82, 2.24) is 0 Å².